The number of Topliss-reactive ketones (excluding diaryl/α,β-unsaturated/α-hetero) is 1. The average molecular weight is 546 g/mol. The topological polar surface area (TPSA) is 43.9 Å². The number of benzene rings is 3. The van der Waals surface area contributed by atoms with E-state index in [2.05, 4.69) is 9.80 Å². The molecule has 3 aromatic rings. The van der Waals surface area contributed by atoms with Crippen molar-refractivity contribution in [2.75, 3.05) is 45.7 Å². The minimum absolute atomic E-state index is 0.0216. The molecule has 0 bridgehead atoms. The van der Waals surface area contributed by atoms with Gasteiger partial charge >= 0.3 is 0 Å². The second-order valence-corrected chi connectivity index (χ2v) is 11.6. The smallest absolute Gasteiger partial charge is 0.253 e. The molecule has 0 radical (unpaired) electrons. The summed E-state index contributed by atoms with van der Waals surface area (Å²) in [4.78, 5) is 35.6. The van der Waals surface area contributed by atoms with E-state index in [0.29, 0.717) is 35.3 Å². The van der Waals surface area contributed by atoms with Crippen LogP contribution in [-0.2, 0) is 15.1 Å². The highest BCUT2D eigenvalue weighted by molar-refractivity contribution is 6.30. The van der Waals surface area contributed by atoms with Crippen LogP contribution in [0.4, 0.5) is 5.69 Å². The van der Waals surface area contributed by atoms with E-state index in [9.17, 15) is 4.79 Å². The Morgan fingerprint density at radius 1 is 0.868 bits per heavy atom. The predicted molar refractivity (Wildman–Crippen MR) is 153 cm³/mol. The maximum Gasteiger partial charge on any atom is 0.253 e. The van der Waals surface area contributed by atoms with Gasteiger partial charge in [-0.15, -0.1) is 0 Å². The molecule has 2 spiro atoms. The zero-order valence-electron chi connectivity index (χ0n) is 21.6. The molecule has 3 atom stereocenters. The number of ketones is 1. The quantitative estimate of drug-likeness (QED) is 0.400. The third-order valence-corrected chi connectivity index (χ3v) is 9.18. The second-order valence-electron chi connectivity index (χ2n) is 10.8. The second kappa shape index (κ2) is 9.06. The number of nitrogens with zero attached hydrogens (tertiary/aromatic N) is 3. The fraction of sp³-hybridized carbons (Fsp3) is 0.290. The Labute approximate surface area is 233 Å². The molecule has 0 N–H and O–H groups in total. The molecule has 3 aromatic carbocycles. The largest absolute Gasteiger partial charge is 0.313 e. The number of amides is 1. The highest BCUT2D eigenvalue weighted by Crippen LogP contribution is 2.65. The Balaban J connectivity index is 1.63. The number of carbonyl (C=O) groups excluding carboxylic acids is 2. The summed E-state index contributed by atoms with van der Waals surface area (Å²) in [5.74, 6) is -0.266. The summed E-state index contributed by atoms with van der Waals surface area (Å²) < 4.78 is 0. The maximum absolute atomic E-state index is 15.0. The van der Waals surface area contributed by atoms with Crippen LogP contribution in [0.5, 0.6) is 0 Å². The van der Waals surface area contributed by atoms with Gasteiger partial charge in [-0.05, 0) is 61.6 Å². The van der Waals surface area contributed by atoms with Gasteiger partial charge in [0.05, 0.1) is 5.41 Å². The number of halogens is 2. The average Bonchev–Trinajstić information content (AvgIpc) is 3.29. The fourth-order valence-corrected chi connectivity index (χ4v) is 7.46. The number of carbonyl (C=O) groups is 2. The monoisotopic (exact) mass is 545 g/mol. The molecule has 7 heteroatoms. The number of para-hydroxylation sites is 1. The van der Waals surface area contributed by atoms with Crippen molar-refractivity contribution in [3.05, 3.63) is 105 Å². The van der Waals surface area contributed by atoms with Crippen LogP contribution < -0.4 is 4.90 Å². The van der Waals surface area contributed by atoms with Gasteiger partial charge in [0.1, 0.15) is 5.54 Å². The molecular weight excluding hydrogens is 517 g/mol. The summed E-state index contributed by atoms with van der Waals surface area (Å²) in [5.41, 5.74) is 2.14. The van der Waals surface area contributed by atoms with E-state index in [1.807, 2.05) is 100 Å². The van der Waals surface area contributed by atoms with E-state index < -0.39 is 11.0 Å². The first-order chi connectivity index (χ1) is 18.2. The molecule has 2 saturated heterocycles. The van der Waals surface area contributed by atoms with Crippen molar-refractivity contribution in [3.63, 3.8) is 0 Å². The van der Waals surface area contributed by atoms with Crippen LogP contribution in [0.25, 0.3) is 6.08 Å². The lowest BCUT2D eigenvalue weighted by atomic mass is 9.56. The van der Waals surface area contributed by atoms with Crippen LogP contribution in [0.1, 0.15) is 22.6 Å². The number of hydrogen-bond acceptors (Lipinski definition) is 4. The third-order valence-electron chi connectivity index (χ3n) is 8.68. The van der Waals surface area contributed by atoms with E-state index in [1.165, 1.54) is 0 Å². The van der Waals surface area contributed by atoms with Crippen LogP contribution in [0.15, 0.2) is 78.4 Å². The van der Waals surface area contributed by atoms with Gasteiger partial charge in [0.15, 0.2) is 5.78 Å². The summed E-state index contributed by atoms with van der Waals surface area (Å²) in [6, 6.07) is 23.1. The number of likely N-dealkylation sites (tertiary alicyclic amines) is 2. The van der Waals surface area contributed by atoms with E-state index in [4.69, 9.17) is 23.2 Å². The number of piperidine rings is 1. The Hall–Kier alpha value is -2.96. The Kier molecular flexibility index (Phi) is 6.04. The van der Waals surface area contributed by atoms with Crippen molar-refractivity contribution < 1.29 is 9.59 Å². The molecule has 1 amide bonds. The van der Waals surface area contributed by atoms with Gasteiger partial charge in [0, 0.05) is 59.5 Å². The van der Waals surface area contributed by atoms with Gasteiger partial charge in [-0.1, -0.05) is 65.7 Å². The fourth-order valence-electron chi connectivity index (χ4n) is 7.20. The van der Waals surface area contributed by atoms with Crippen molar-refractivity contribution in [2.45, 2.75) is 11.5 Å². The SMILES string of the molecule is CN1C/C(=C\c2ccc(Cl)cc2)C(=O)[C@]2(C1)[C@@H](c1ccc(Cl)cc1)CN(C)[C@@]21C(=O)N(C)c2ccccc21. The standard InChI is InChI=1S/C31H29Cl2N3O2/c1-34-17-22(16-20-8-12-23(32)13-9-20)28(37)30(19-34)26(21-10-14-24(33)15-11-21)18-35(2)31(30)25-6-4-5-7-27(25)36(3)29(31)38/h4-16,26H,17-19H2,1-3H3/b22-16+/t26-,30+,31+/m1/s1. The summed E-state index contributed by atoms with van der Waals surface area (Å²) >= 11 is 12.4. The lowest BCUT2D eigenvalue weighted by molar-refractivity contribution is -0.147. The minimum Gasteiger partial charge on any atom is -0.313 e. The Morgan fingerprint density at radius 3 is 2.18 bits per heavy atom. The molecule has 0 saturated carbocycles. The molecule has 0 unspecified atom stereocenters. The van der Waals surface area contributed by atoms with Gasteiger partial charge in [0.25, 0.3) is 5.91 Å². The van der Waals surface area contributed by atoms with Crippen molar-refractivity contribution in [2.24, 2.45) is 5.41 Å². The molecule has 6 rings (SSSR count). The zero-order valence-corrected chi connectivity index (χ0v) is 23.1. The van der Waals surface area contributed by atoms with E-state index >= 15 is 4.79 Å². The molecule has 3 aliphatic heterocycles. The number of likely N-dealkylation sites (N-methyl/N-ethyl adjacent to an activating group) is 3. The highest BCUT2D eigenvalue weighted by Gasteiger charge is 2.75. The zero-order chi connectivity index (χ0) is 26.8. The van der Waals surface area contributed by atoms with Crippen LogP contribution in [-0.4, -0.2) is 62.3 Å². The van der Waals surface area contributed by atoms with Crippen molar-refractivity contribution in [1.82, 2.24) is 9.80 Å². The van der Waals surface area contributed by atoms with Crippen LogP contribution in [0.2, 0.25) is 10.0 Å². The van der Waals surface area contributed by atoms with Gasteiger partial charge in [-0.3, -0.25) is 14.5 Å². The first kappa shape index (κ1) is 25.3. The summed E-state index contributed by atoms with van der Waals surface area (Å²) in [6.45, 7) is 1.51. The first-order valence-electron chi connectivity index (χ1n) is 12.7. The van der Waals surface area contributed by atoms with E-state index in [-0.39, 0.29) is 17.6 Å². The molecule has 3 aliphatic rings. The molecule has 0 aromatic heterocycles. The maximum atomic E-state index is 15.0. The summed E-state index contributed by atoms with van der Waals surface area (Å²) in [5, 5.41) is 1.28. The van der Waals surface area contributed by atoms with Crippen LogP contribution in [0, 0.1) is 5.41 Å². The molecule has 2 fully saturated rings. The first-order valence-corrected chi connectivity index (χ1v) is 13.5. The normalized spacial score (nSPS) is 28.7. The summed E-state index contributed by atoms with van der Waals surface area (Å²) in [6.07, 6.45) is 1.95. The minimum atomic E-state index is -1.15. The molecular formula is C31H29Cl2N3O2. The molecule has 3 heterocycles. The number of anilines is 1. The summed E-state index contributed by atoms with van der Waals surface area (Å²) in [7, 11) is 5.83. The lowest BCUT2D eigenvalue weighted by Gasteiger charge is -2.51. The molecule has 5 nitrogen and oxygen atoms in total. The van der Waals surface area contributed by atoms with Gasteiger partial charge in [-0.2, -0.15) is 0 Å². The van der Waals surface area contributed by atoms with Crippen molar-refractivity contribution >= 4 is 46.7 Å². The van der Waals surface area contributed by atoms with Gasteiger partial charge < -0.3 is 9.80 Å². The molecule has 38 heavy (non-hydrogen) atoms. The molecule has 194 valence electrons. The predicted octanol–water partition coefficient (Wildman–Crippen LogP) is 5.48. The van der Waals surface area contributed by atoms with Crippen molar-refractivity contribution in [3.8, 4) is 0 Å². The molecule has 0 aliphatic carbocycles. The van der Waals surface area contributed by atoms with E-state index in [0.717, 1.165) is 22.4 Å². The van der Waals surface area contributed by atoms with Gasteiger partial charge in [-0.25, -0.2) is 0 Å². The van der Waals surface area contributed by atoms with Crippen LogP contribution >= 0.6 is 23.2 Å². The number of rotatable bonds is 2. The van der Waals surface area contributed by atoms with Crippen molar-refractivity contribution in [1.29, 1.82) is 0 Å². The highest BCUT2D eigenvalue weighted by atomic mass is 35.5. The Morgan fingerprint density at radius 2 is 1.50 bits per heavy atom. The third kappa shape index (κ3) is 3.39. The van der Waals surface area contributed by atoms with Gasteiger partial charge in [0.2, 0.25) is 0 Å². The number of hydrogen-bond donors (Lipinski definition) is 0. The number of fused-ring (bicyclic) bond motifs is 3. The lowest BCUT2D eigenvalue weighted by Crippen LogP contribution is -2.65. The van der Waals surface area contributed by atoms with Crippen LogP contribution in [0.3, 0.4) is 0 Å². The Bertz CT molecular complexity index is 1470. The van der Waals surface area contributed by atoms with E-state index in [1.54, 1.807) is 4.90 Å².